The largest absolute Gasteiger partial charge is 0.444 e. The van der Waals surface area contributed by atoms with Gasteiger partial charge >= 0.3 is 6.09 Å². The van der Waals surface area contributed by atoms with E-state index in [1.54, 1.807) is 4.90 Å². The fourth-order valence-electron chi connectivity index (χ4n) is 3.11. The molecule has 23 heavy (non-hydrogen) atoms. The Balaban J connectivity index is 1.82. The number of hydrogen-bond acceptors (Lipinski definition) is 5. The minimum atomic E-state index is -0.593. The SMILES string of the molecule is CC(C)(C)OC(=O)N1CCOCC1C(O)CCCC1CCCO1. The van der Waals surface area contributed by atoms with Crippen molar-refractivity contribution >= 4 is 6.09 Å². The third-order valence-electron chi connectivity index (χ3n) is 4.29. The molecule has 0 bridgehead atoms. The van der Waals surface area contributed by atoms with Crippen LogP contribution in [0.2, 0.25) is 0 Å². The summed E-state index contributed by atoms with van der Waals surface area (Å²) in [5.41, 5.74) is -0.537. The number of carbonyl (C=O) groups excluding carboxylic acids is 1. The summed E-state index contributed by atoms with van der Waals surface area (Å²) in [4.78, 5) is 13.9. The van der Waals surface area contributed by atoms with E-state index < -0.39 is 11.7 Å². The number of morpholine rings is 1. The molecule has 2 aliphatic heterocycles. The predicted octanol–water partition coefficient (Wildman–Crippen LogP) is 2.33. The van der Waals surface area contributed by atoms with Gasteiger partial charge in [-0.15, -0.1) is 0 Å². The molecule has 0 aliphatic carbocycles. The predicted molar refractivity (Wildman–Crippen MR) is 86.4 cm³/mol. The molecule has 134 valence electrons. The zero-order valence-electron chi connectivity index (χ0n) is 14.6. The van der Waals surface area contributed by atoms with Crippen molar-refractivity contribution in [2.75, 3.05) is 26.4 Å². The number of amides is 1. The zero-order valence-corrected chi connectivity index (χ0v) is 14.6. The summed E-state index contributed by atoms with van der Waals surface area (Å²) in [5, 5.41) is 10.5. The van der Waals surface area contributed by atoms with Gasteiger partial charge in [-0.3, -0.25) is 4.90 Å². The quantitative estimate of drug-likeness (QED) is 0.838. The van der Waals surface area contributed by atoms with Crippen molar-refractivity contribution in [1.29, 1.82) is 0 Å². The highest BCUT2D eigenvalue weighted by Crippen LogP contribution is 2.22. The number of rotatable bonds is 5. The summed E-state index contributed by atoms with van der Waals surface area (Å²) in [5.74, 6) is 0. The standard InChI is InChI=1S/C17H31NO5/c1-17(2,3)23-16(20)18-9-11-21-12-14(18)15(19)8-4-6-13-7-5-10-22-13/h13-15,19H,4-12H2,1-3H3. The minimum absolute atomic E-state index is 0.330. The molecule has 2 fully saturated rings. The van der Waals surface area contributed by atoms with Crippen molar-refractivity contribution in [1.82, 2.24) is 4.90 Å². The lowest BCUT2D eigenvalue weighted by Gasteiger charge is -2.38. The maximum atomic E-state index is 12.3. The molecule has 2 aliphatic rings. The molecule has 0 aromatic heterocycles. The van der Waals surface area contributed by atoms with Crippen LogP contribution in [0.15, 0.2) is 0 Å². The second-order valence-corrected chi connectivity index (χ2v) is 7.45. The van der Waals surface area contributed by atoms with Crippen LogP contribution < -0.4 is 0 Å². The Morgan fingerprint density at radius 1 is 1.39 bits per heavy atom. The van der Waals surface area contributed by atoms with Crippen molar-refractivity contribution in [3.63, 3.8) is 0 Å². The molecule has 0 saturated carbocycles. The lowest BCUT2D eigenvalue weighted by Crippen LogP contribution is -2.55. The first-order chi connectivity index (χ1) is 10.9. The van der Waals surface area contributed by atoms with Crippen LogP contribution in [0.25, 0.3) is 0 Å². The van der Waals surface area contributed by atoms with Crippen molar-refractivity contribution < 1.29 is 24.1 Å². The van der Waals surface area contributed by atoms with Crippen LogP contribution in [0.4, 0.5) is 4.79 Å². The van der Waals surface area contributed by atoms with E-state index in [-0.39, 0.29) is 12.1 Å². The molecule has 6 nitrogen and oxygen atoms in total. The van der Waals surface area contributed by atoms with Gasteiger partial charge in [-0.2, -0.15) is 0 Å². The number of carbonyl (C=O) groups is 1. The highest BCUT2D eigenvalue weighted by molar-refractivity contribution is 5.68. The van der Waals surface area contributed by atoms with E-state index in [9.17, 15) is 9.90 Å². The molecule has 3 unspecified atom stereocenters. The van der Waals surface area contributed by atoms with Crippen LogP contribution in [0, 0.1) is 0 Å². The molecule has 1 N–H and O–H groups in total. The van der Waals surface area contributed by atoms with Crippen LogP contribution >= 0.6 is 0 Å². The highest BCUT2D eigenvalue weighted by atomic mass is 16.6. The van der Waals surface area contributed by atoms with Gasteiger partial charge in [0.2, 0.25) is 0 Å². The van der Waals surface area contributed by atoms with Gasteiger partial charge in [0, 0.05) is 13.2 Å². The van der Waals surface area contributed by atoms with Gasteiger partial charge < -0.3 is 19.3 Å². The normalized spacial score (nSPS) is 27.0. The topological polar surface area (TPSA) is 68.2 Å². The molecular weight excluding hydrogens is 298 g/mol. The molecule has 1 amide bonds. The molecule has 2 saturated heterocycles. The number of ether oxygens (including phenoxy) is 3. The molecule has 0 spiro atoms. The lowest BCUT2D eigenvalue weighted by molar-refractivity contribution is -0.0685. The number of nitrogens with zero attached hydrogens (tertiary/aromatic N) is 1. The smallest absolute Gasteiger partial charge is 0.410 e. The molecule has 2 rings (SSSR count). The van der Waals surface area contributed by atoms with E-state index >= 15 is 0 Å². The Kier molecular flexibility index (Phi) is 6.68. The second kappa shape index (κ2) is 8.31. The second-order valence-electron chi connectivity index (χ2n) is 7.45. The zero-order chi connectivity index (χ0) is 16.9. The van der Waals surface area contributed by atoms with Crippen LogP contribution in [0.5, 0.6) is 0 Å². The Labute approximate surface area is 139 Å². The highest BCUT2D eigenvalue weighted by Gasteiger charge is 2.35. The Bertz CT molecular complexity index is 376. The van der Waals surface area contributed by atoms with Crippen molar-refractivity contribution in [2.24, 2.45) is 0 Å². The number of aliphatic hydroxyl groups is 1. The minimum Gasteiger partial charge on any atom is -0.444 e. The van der Waals surface area contributed by atoms with Gasteiger partial charge in [0.15, 0.2) is 0 Å². The summed E-state index contributed by atoms with van der Waals surface area (Å²) in [7, 11) is 0. The van der Waals surface area contributed by atoms with E-state index in [1.807, 2.05) is 20.8 Å². The summed E-state index contributed by atoms with van der Waals surface area (Å²) >= 11 is 0. The van der Waals surface area contributed by atoms with Crippen LogP contribution in [-0.4, -0.2) is 66.3 Å². The monoisotopic (exact) mass is 329 g/mol. The van der Waals surface area contributed by atoms with Crippen molar-refractivity contribution in [3.8, 4) is 0 Å². The van der Waals surface area contributed by atoms with Crippen LogP contribution in [-0.2, 0) is 14.2 Å². The third-order valence-corrected chi connectivity index (χ3v) is 4.29. The van der Waals surface area contributed by atoms with Gasteiger partial charge in [0.05, 0.1) is 31.5 Å². The summed E-state index contributed by atoms with van der Waals surface area (Å²) in [6, 6.07) is -0.330. The van der Waals surface area contributed by atoms with Gasteiger partial charge in [-0.1, -0.05) is 0 Å². The first kappa shape index (κ1) is 18.5. The summed E-state index contributed by atoms with van der Waals surface area (Å²) in [6.07, 6.45) is 4.14. The van der Waals surface area contributed by atoms with E-state index in [1.165, 1.54) is 0 Å². The molecule has 0 aromatic rings. The van der Waals surface area contributed by atoms with Crippen molar-refractivity contribution in [3.05, 3.63) is 0 Å². The van der Waals surface area contributed by atoms with Gasteiger partial charge in [0.1, 0.15) is 5.60 Å². The number of aliphatic hydroxyl groups excluding tert-OH is 1. The molecule has 6 heteroatoms. The van der Waals surface area contributed by atoms with E-state index in [0.29, 0.717) is 32.3 Å². The summed E-state index contributed by atoms with van der Waals surface area (Å²) in [6.45, 7) is 7.70. The molecule has 3 atom stereocenters. The van der Waals surface area contributed by atoms with Crippen LogP contribution in [0.1, 0.15) is 52.9 Å². The first-order valence-electron chi connectivity index (χ1n) is 8.74. The molecule has 0 aromatic carbocycles. The van der Waals surface area contributed by atoms with Gasteiger partial charge in [-0.25, -0.2) is 4.79 Å². The maximum Gasteiger partial charge on any atom is 0.410 e. The van der Waals surface area contributed by atoms with Gasteiger partial charge in [-0.05, 0) is 52.9 Å². The van der Waals surface area contributed by atoms with E-state index in [2.05, 4.69) is 0 Å². The fourth-order valence-corrected chi connectivity index (χ4v) is 3.11. The van der Waals surface area contributed by atoms with Crippen molar-refractivity contribution in [2.45, 2.75) is 76.7 Å². The molecular formula is C17H31NO5. The average molecular weight is 329 g/mol. The molecule has 0 radical (unpaired) electrons. The van der Waals surface area contributed by atoms with Gasteiger partial charge in [0.25, 0.3) is 0 Å². The maximum absolute atomic E-state index is 12.3. The first-order valence-corrected chi connectivity index (χ1v) is 8.74. The average Bonchev–Trinajstić information content (AvgIpc) is 2.98. The third kappa shape index (κ3) is 5.94. The Morgan fingerprint density at radius 3 is 2.83 bits per heavy atom. The number of hydrogen-bond donors (Lipinski definition) is 1. The Hall–Kier alpha value is -0.850. The van der Waals surface area contributed by atoms with Crippen LogP contribution in [0.3, 0.4) is 0 Å². The fraction of sp³-hybridized carbons (Fsp3) is 0.941. The molecule has 2 heterocycles. The van der Waals surface area contributed by atoms with E-state index in [4.69, 9.17) is 14.2 Å². The Morgan fingerprint density at radius 2 is 2.17 bits per heavy atom. The summed E-state index contributed by atoms with van der Waals surface area (Å²) < 4.78 is 16.5. The van der Waals surface area contributed by atoms with E-state index in [0.717, 1.165) is 32.3 Å². The lowest BCUT2D eigenvalue weighted by atomic mass is 10.0.